The molecule has 1 aromatic rings. The summed E-state index contributed by atoms with van der Waals surface area (Å²) in [5.74, 6) is 1.03. The van der Waals surface area contributed by atoms with E-state index in [0.717, 1.165) is 12.3 Å². The second-order valence-corrected chi connectivity index (χ2v) is 4.48. The van der Waals surface area contributed by atoms with Crippen LogP contribution in [0, 0.1) is 0 Å². The van der Waals surface area contributed by atoms with Crippen LogP contribution in [0.3, 0.4) is 0 Å². The fourth-order valence-electron chi connectivity index (χ4n) is 1.47. The normalized spacial score (nSPS) is 11.6. The molecular formula is C11H15IN2. The molecule has 0 heterocycles. The first-order chi connectivity index (χ1) is 6.70. The molecule has 0 radical (unpaired) electrons. The number of amidine groups is 1. The minimum Gasteiger partial charge on any atom is -0.302 e. The van der Waals surface area contributed by atoms with Crippen molar-refractivity contribution in [1.82, 2.24) is 3.11 Å². The van der Waals surface area contributed by atoms with Crippen molar-refractivity contribution in [2.75, 3.05) is 14.1 Å². The Labute approximate surface area is 99.5 Å². The van der Waals surface area contributed by atoms with Crippen molar-refractivity contribution >= 4 is 28.7 Å². The summed E-state index contributed by atoms with van der Waals surface area (Å²) in [5.41, 5.74) is 2.58. The predicted molar refractivity (Wildman–Crippen MR) is 70.1 cm³/mol. The van der Waals surface area contributed by atoms with Gasteiger partial charge in [0.25, 0.3) is 0 Å². The van der Waals surface area contributed by atoms with Crippen molar-refractivity contribution in [1.29, 1.82) is 0 Å². The molecule has 0 saturated heterocycles. The molecule has 1 rings (SSSR count). The monoisotopic (exact) mass is 302 g/mol. The fourth-order valence-corrected chi connectivity index (χ4v) is 1.95. The predicted octanol–water partition coefficient (Wildman–Crippen LogP) is 2.91. The van der Waals surface area contributed by atoms with Gasteiger partial charge in [-0.25, -0.2) is 0 Å². The first-order valence-electron chi connectivity index (χ1n) is 4.65. The van der Waals surface area contributed by atoms with Crippen molar-refractivity contribution in [3.05, 3.63) is 35.4 Å². The largest absolute Gasteiger partial charge is 0.302 e. The van der Waals surface area contributed by atoms with Crippen LogP contribution in [-0.2, 0) is 6.42 Å². The van der Waals surface area contributed by atoms with E-state index >= 15 is 0 Å². The van der Waals surface area contributed by atoms with Gasteiger partial charge in [-0.2, -0.15) is 0 Å². The van der Waals surface area contributed by atoms with Crippen LogP contribution in [-0.4, -0.2) is 23.0 Å². The summed E-state index contributed by atoms with van der Waals surface area (Å²) in [5, 5.41) is 0. The van der Waals surface area contributed by atoms with Gasteiger partial charge in [-0.1, -0.05) is 31.2 Å². The molecule has 2 nitrogen and oxygen atoms in total. The van der Waals surface area contributed by atoms with Crippen molar-refractivity contribution in [3.63, 3.8) is 0 Å². The van der Waals surface area contributed by atoms with Gasteiger partial charge in [0.2, 0.25) is 0 Å². The Morgan fingerprint density at radius 2 is 2.07 bits per heavy atom. The third-order valence-electron chi connectivity index (χ3n) is 2.14. The molecule has 0 aromatic heterocycles. The summed E-state index contributed by atoms with van der Waals surface area (Å²) in [6.45, 7) is 2.17. The first-order valence-corrected chi connectivity index (χ1v) is 5.61. The van der Waals surface area contributed by atoms with E-state index in [9.17, 15) is 0 Å². The highest BCUT2D eigenvalue weighted by Crippen LogP contribution is 2.14. The molecule has 3 heteroatoms. The van der Waals surface area contributed by atoms with Gasteiger partial charge in [-0.15, -0.1) is 0 Å². The lowest BCUT2D eigenvalue weighted by molar-refractivity contribution is 0.896. The van der Waals surface area contributed by atoms with Crippen molar-refractivity contribution in [2.45, 2.75) is 13.3 Å². The molecule has 0 N–H and O–H groups in total. The topological polar surface area (TPSA) is 15.6 Å². The molecule has 76 valence electrons. The zero-order chi connectivity index (χ0) is 10.6. The van der Waals surface area contributed by atoms with Gasteiger partial charge >= 0.3 is 0 Å². The maximum atomic E-state index is 4.30. The minimum absolute atomic E-state index is 1.03. The molecule has 0 aliphatic carbocycles. The van der Waals surface area contributed by atoms with Crippen LogP contribution < -0.4 is 0 Å². The highest BCUT2D eigenvalue weighted by molar-refractivity contribution is 14.1. The Balaban J connectivity index is 3.16. The number of hydrogen-bond donors (Lipinski definition) is 0. The zero-order valence-corrected chi connectivity index (χ0v) is 10.9. The maximum Gasteiger partial charge on any atom is 0.139 e. The van der Waals surface area contributed by atoms with Gasteiger partial charge in [0.05, 0.1) is 22.9 Å². The summed E-state index contributed by atoms with van der Waals surface area (Å²) in [4.78, 5) is 4.30. The second-order valence-electron chi connectivity index (χ2n) is 3.04. The number of benzene rings is 1. The Bertz CT molecular complexity index is 332. The highest BCUT2D eigenvalue weighted by Gasteiger charge is 2.09. The van der Waals surface area contributed by atoms with Crippen LogP contribution in [0.15, 0.2) is 29.3 Å². The number of aliphatic imine (C=N–C) groups is 1. The van der Waals surface area contributed by atoms with E-state index in [1.807, 2.05) is 17.2 Å². The standard InChI is InChI=1S/C11H15IN2/c1-4-9-7-5-6-8-10(9)11(13-2)14(3)12/h5-8H,4H2,1-3H3. The lowest BCUT2D eigenvalue weighted by Gasteiger charge is -2.15. The van der Waals surface area contributed by atoms with Crippen LogP contribution in [0.25, 0.3) is 0 Å². The van der Waals surface area contributed by atoms with Crippen LogP contribution in [0.2, 0.25) is 0 Å². The van der Waals surface area contributed by atoms with E-state index in [1.165, 1.54) is 11.1 Å². The lowest BCUT2D eigenvalue weighted by atomic mass is 10.0. The third-order valence-corrected chi connectivity index (χ3v) is 2.60. The van der Waals surface area contributed by atoms with Crippen LogP contribution in [0.1, 0.15) is 18.1 Å². The van der Waals surface area contributed by atoms with E-state index in [2.05, 4.69) is 59.0 Å². The molecule has 0 aliphatic rings. The molecule has 0 unspecified atom stereocenters. The molecule has 0 saturated carbocycles. The molecular weight excluding hydrogens is 287 g/mol. The quantitative estimate of drug-likeness (QED) is 0.355. The van der Waals surface area contributed by atoms with Gasteiger partial charge in [-0.05, 0) is 12.0 Å². The van der Waals surface area contributed by atoms with Gasteiger partial charge in [0, 0.05) is 19.7 Å². The van der Waals surface area contributed by atoms with Crippen molar-refractivity contribution < 1.29 is 0 Å². The Hall–Kier alpha value is -0.580. The molecule has 1 aromatic carbocycles. The molecule has 0 aliphatic heterocycles. The summed E-state index contributed by atoms with van der Waals surface area (Å²) in [6, 6.07) is 8.40. The Morgan fingerprint density at radius 1 is 1.43 bits per heavy atom. The van der Waals surface area contributed by atoms with E-state index in [1.54, 1.807) is 0 Å². The average Bonchev–Trinajstić information content (AvgIpc) is 2.19. The van der Waals surface area contributed by atoms with Gasteiger partial charge < -0.3 is 3.11 Å². The average molecular weight is 302 g/mol. The van der Waals surface area contributed by atoms with Crippen molar-refractivity contribution in [3.8, 4) is 0 Å². The summed E-state index contributed by atoms with van der Waals surface area (Å²) in [7, 11) is 3.84. The van der Waals surface area contributed by atoms with Gasteiger partial charge in [0.1, 0.15) is 5.84 Å². The number of hydrogen-bond acceptors (Lipinski definition) is 1. The van der Waals surface area contributed by atoms with E-state index in [4.69, 9.17) is 0 Å². The number of halogens is 1. The van der Waals surface area contributed by atoms with Crippen LogP contribution in [0.5, 0.6) is 0 Å². The smallest absolute Gasteiger partial charge is 0.139 e. The SMILES string of the molecule is CCc1ccccc1C(=NC)N(C)I. The first kappa shape index (κ1) is 11.5. The number of rotatable bonds is 2. The molecule has 0 amide bonds. The summed E-state index contributed by atoms with van der Waals surface area (Å²) < 4.78 is 2.02. The summed E-state index contributed by atoms with van der Waals surface area (Å²) in [6.07, 6.45) is 1.04. The Morgan fingerprint density at radius 3 is 2.57 bits per heavy atom. The van der Waals surface area contributed by atoms with Crippen LogP contribution >= 0.6 is 22.9 Å². The molecule has 0 spiro atoms. The van der Waals surface area contributed by atoms with E-state index in [-0.39, 0.29) is 0 Å². The maximum absolute atomic E-state index is 4.30. The zero-order valence-electron chi connectivity index (χ0n) is 8.79. The van der Waals surface area contributed by atoms with E-state index < -0.39 is 0 Å². The molecule has 14 heavy (non-hydrogen) atoms. The second kappa shape index (κ2) is 5.34. The van der Waals surface area contributed by atoms with Crippen molar-refractivity contribution in [2.24, 2.45) is 4.99 Å². The Kier molecular flexibility index (Phi) is 4.38. The lowest BCUT2D eigenvalue weighted by Crippen LogP contribution is -2.18. The molecule has 0 atom stereocenters. The van der Waals surface area contributed by atoms with Gasteiger partial charge in [0.15, 0.2) is 0 Å². The number of nitrogens with zero attached hydrogens (tertiary/aromatic N) is 2. The highest BCUT2D eigenvalue weighted by atomic mass is 127. The number of aryl methyl sites for hydroxylation is 1. The van der Waals surface area contributed by atoms with Crippen LogP contribution in [0.4, 0.5) is 0 Å². The molecule has 0 bridgehead atoms. The fraction of sp³-hybridized carbons (Fsp3) is 0.364. The molecule has 0 fully saturated rings. The minimum atomic E-state index is 1.03. The summed E-state index contributed by atoms with van der Waals surface area (Å²) >= 11 is 2.24. The van der Waals surface area contributed by atoms with E-state index in [0.29, 0.717) is 0 Å². The third kappa shape index (κ3) is 2.47. The van der Waals surface area contributed by atoms with Gasteiger partial charge in [-0.3, -0.25) is 4.99 Å².